The molecule has 1 heterocycles. The summed E-state index contributed by atoms with van der Waals surface area (Å²) in [7, 11) is -4.41. The molecular weight excluding hydrogens is 238 g/mol. The van der Waals surface area contributed by atoms with Crippen molar-refractivity contribution in [3.63, 3.8) is 0 Å². The molecule has 1 N–H and O–H groups in total. The van der Waals surface area contributed by atoms with Crippen LogP contribution in [0.4, 0.5) is 8.78 Å². The van der Waals surface area contributed by atoms with Crippen molar-refractivity contribution >= 4 is 10.0 Å². The summed E-state index contributed by atoms with van der Waals surface area (Å²) in [4.78, 5) is 0. The van der Waals surface area contributed by atoms with E-state index in [-0.39, 0.29) is 19.0 Å². The predicted molar refractivity (Wildman–Crippen MR) is 57.8 cm³/mol. The number of hydrogen-bond acceptors (Lipinski definition) is 3. The average Bonchev–Trinajstić information content (AvgIpc) is 2.26. The van der Waals surface area contributed by atoms with Crippen LogP contribution in [-0.4, -0.2) is 44.7 Å². The predicted octanol–water partition coefficient (Wildman–Crippen LogP) is 0.860. The number of nitrogens with zero attached hydrogens (tertiary/aromatic N) is 1. The standard InChI is InChI=1S/C9H18F2N2O2S/c1-2-13(16(14,15)9(10)11)7-8-3-5-12-6-4-8/h8-9,12H,2-7H2,1H3. The van der Waals surface area contributed by atoms with Crippen LogP contribution in [0.1, 0.15) is 19.8 Å². The molecule has 0 bridgehead atoms. The van der Waals surface area contributed by atoms with Gasteiger partial charge in [-0.1, -0.05) is 6.92 Å². The highest BCUT2D eigenvalue weighted by Crippen LogP contribution is 2.18. The van der Waals surface area contributed by atoms with Gasteiger partial charge in [0.2, 0.25) is 0 Å². The van der Waals surface area contributed by atoms with Crippen molar-refractivity contribution in [2.24, 2.45) is 5.92 Å². The van der Waals surface area contributed by atoms with E-state index < -0.39 is 15.8 Å². The fourth-order valence-electron chi connectivity index (χ4n) is 1.88. The minimum Gasteiger partial charge on any atom is -0.317 e. The fraction of sp³-hybridized carbons (Fsp3) is 1.00. The lowest BCUT2D eigenvalue weighted by atomic mass is 9.98. The molecule has 4 nitrogen and oxygen atoms in total. The SMILES string of the molecule is CCN(CC1CCNCC1)S(=O)(=O)C(F)F. The van der Waals surface area contributed by atoms with E-state index in [0.717, 1.165) is 30.2 Å². The number of sulfonamides is 1. The number of halogens is 2. The molecule has 16 heavy (non-hydrogen) atoms. The Morgan fingerprint density at radius 1 is 1.38 bits per heavy atom. The van der Waals surface area contributed by atoms with Crippen molar-refractivity contribution in [3.8, 4) is 0 Å². The van der Waals surface area contributed by atoms with Gasteiger partial charge >= 0.3 is 5.76 Å². The zero-order valence-corrected chi connectivity index (χ0v) is 10.1. The molecule has 96 valence electrons. The Morgan fingerprint density at radius 3 is 2.38 bits per heavy atom. The third-order valence-electron chi connectivity index (χ3n) is 2.86. The topological polar surface area (TPSA) is 49.4 Å². The Hall–Kier alpha value is -0.270. The molecule has 0 saturated carbocycles. The molecule has 0 radical (unpaired) electrons. The van der Waals surface area contributed by atoms with Crippen LogP contribution in [0, 0.1) is 5.92 Å². The minimum atomic E-state index is -4.41. The normalized spacial score (nSPS) is 19.6. The highest BCUT2D eigenvalue weighted by molar-refractivity contribution is 7.89. The summed E-state index contributed by atoms with van der Waals surface area (Å²) < 4.78 is 48.2. The first kappa shape index (κ1) is 13.8. The summed E-state index contributed by atoms with van der Waals surface area (Å²) in [5.74, 6) is -3.12. The fourth-order valence-corrected chi connectivity index (χ4v) is 2.88. The summed E-state index contributed by atoms with van der Waals surface area (Å²) in [6, 6.07) is 0. The van der Waals surface area contributed by atoms with Crippen LogP contribution in [0.3, 0.4) is 0 Å². The zero-order valence-electron chi connectivity index (χ0n) is 9.33. The van der Waals surface area contributed by atoms with E-state index in [0.29, 0.717) is 0 Å². The quantitative estimate of drug-likeness (QED) is 0.793. The Labute approximate surface area is 95.1 Å². The van der Waals surface area contributed by atoms with Crippen LogP contribution in [0.5, 0.6) is 0 Å². The number of piperidine rings is 1. The first-order chi connectivity index (χ1) is 7.48. The Bertz CT molecular complexity index is 303. The van der Waals surface area contributed by atoms with Crippen LogP contribution in [0.2, 0.25) is 0 Å². The first-order valence-corrected chi connectivity index (χ1v) is 6.96. The van der Waals surface area contributed by atoms with E-state index in [1.807, 2.05) is 0 Å². The largest absolute Gasteiger partial charge is 0.350 e. The van der Waals surface area contributed by atoms with E-state index in [9.17, 15) is 17.2 Å². The van der Waals surface area contributed by atoms with Crippen molar-refractivity contribution in [2.45, 2.75) is 25.5 Å². The van der Waals surface area contributed by atoms with Gasteiger partial charge in [-0.2, -0.15) is 13.1 Å². The highest BCUT2D eigenvalue weighted by Gasteiger charge is 2.32. The van der Waals surface area contributed by atoms with E-state index in [2.05, 4.69) is 5.32 Å². The van der Waals surface area contributed by atoms with Crippen molar-refractivity contribution < 1.29 is 17.2 Å². The van der Waals surface area contributed by atoms with Gasteiger partial charge in [-0.3, -0.25) is 0 Å². The summed E-state index contributed by atoms with van der Waals surface area (Å²) in [6.07, 6.45) is 1.69. The number of nitrogens with one attached hydrogen (secondary N) is 1. The Morgan fingerprint density at radius 2 is 1.94 bits per heavy atom. The van der Waals surface area contributed by atoms with Gasteiger partial charge in [0.25, 0.3) is 10.0 Å². The van der Waals surface area contributed by atoms with Crippen LogP contribution >= 0.6 is 0 Å². The maximum absolute atomic E-state index is 12.4. The van der Waals surface area contributed by atoms with Crippen molar-refractivity contribution in [1.29, 1.82) is 0 Å². The van der Waals surface area contributed by atoms with Gasteiger partial charge in [0.05, 0.1) is 0 Å². The molecule has 0 aromatic rings. The van der Waals surface area contributed by atoms with Gasteiger partial charge < -0.3 is 5.32 Å². The average molecular weight is 256 g/mol. The summed E-state index contributed by atoms with van der Waals surface area (Å²) in [6.45, 7) is 3.57. The molecule has 1 aliphatic rings. The summed E-state index contributed by atoms with van der Waals surface area (Å²) in [5, 5.41) is 3.15. The van der Waals surface area contributed by atoms with E-state index in [1.165, 1.54) is 0 Å². The van der Waals surface area contributed by atoms with Crippen LogP contribution in [0.25, 0.3) is 0 Å². The molecule has 1 rings (SSSR count). The molecule has 0 amide bonds. The van der Waals surface area contributed by atoms with Gasteiger partial charge in [0.1, 0.15) is 0 Å². The van der Waals surface area contributed by atoms with Crippen molar-refractivity contribution in [2.75, 3.05) is 26.2 Å². The van der Waals surface area contributed by atoms with Gasteiger partial charge in [-0.15, -0.1) is 0 Å². The van der Waals surface area contributed by atoms with Gasteiger partial charge in [-0.25, -0.2) is 8.42 Å². The molecule has 0 spiro atoms. The lowest BCUT2D eigenvalue weighted by Gasteiger charge is -2.28. The van der Waals surface area contributed by atoms with Gasteiger partial charge in [0, 0.05) is 13.1 Å². The monoisotopic (exact) mass is 256 g/mol. The van der Waals surface area contributed by atoms with E-state index in [4.69, 9.17) is 0 Å². The maximum atomic E-state index is 12.4. The lowest BCUT2D eigenvalue weighted by Crippen LogP contribution is -2.41. The molecule has 0 atom stereocenters. The molecule has 0 aromatic heterocycles. The van der Waals surface area contributed by atoms with Crippen LogP contribution in [0.15, 0.2) is 0 Å². The molecule has 1 fully saturated rings. The number of hydrogen-bond donors (Lipinski definition) is 1. The van der Waals surface area contributed by atoms with Crippen LogP contribution < -0.4 is 5.32 Å². The van der Waals surface area contributed by atoms with E-state index in [1.54, 1.807) is 6.92 Å². The van der Waals surface area contributed by atoms with E-state index >= 15 is 0 Å². The highest BCUT2D eigenvalue weighted by atomic mass is 32.2. The Kier molecular flexibility index (Phi) is 5.07. The van der Waals surface area contributed by atoms with Crippen molar-refractivity contribution in [1.82, 2.24) is 9.62 Å². The molecule has 0 aliphatic carbocycles. The summed E-state index contributed by atoms with van der Waals surface area (Å²) >= 11 is 0. The second kappa shape index (κ2) is 5.88. The molecule has 7 heteroatoms. The molecule has 1 saturated heterocycles. The third-order valence-corrected chi connectivity index (χ3v) is 4.44. The van der Waals surface area contributed by atoms with Gasteiger partial charge in [0.15, 0.2) is 0 Å². The van der Waals surface area contributed by atoms with Crippen LogP contribution in [-0.2, 0) is 10.0 Å². The lowest BCUT2D eigenvalue weighted by molar-refractivity contribution is 0.211. The minimum absolute atomic E-state index is 0.108. The number of rotatable bonds is 5. The second-order valence-electron chi connectivity index (χ2n) is 3.95. The summed E-state index contributed by atoms with van der Waals surface area (Å²) in [5.41, 5.74) is 0. The Balaban J connectivity index is 2.60. The smallest absolute Gasteiger partial charge is 0.317 e. The maximum Gasteiger partial charge on any atom is 0.350 e. The second-order valence-corrected chi connectivity index (χ2v) is 5.85. The van der Waals surface area contributed by atoms with Crippen molar-refractivity contribution in [3.05, 3.63) is 0 Å². The van der Waals surface area contributed by atoms with Gasteiger partial charge in [-0.05, 0) is 31.8 Å². The molecule has 0 aromatic carbocycles. The first-order valence-electron chi connectivity index (χ1n) is 5.46. The molecule has 1 aliphatic heterocycles. The third kappa shape index (κ3) is 3.36. The zero-order chi connectivity index (χ0) is 12.2. The molecular formula is C9H18F2N2O2S. The number of alkyl halides is 2. The molecule has 0 unspecified atom stereocenters.